The third-order valence-electron chi connectivity index (χ3n) is 7.97. The summed E-state index contributed by atoms with van der Waals surface area (Å²) in [7, 11) is 0. The van der Waals surface area contributed by atoms with Crippen molar-refractivity contribution in [1.29, 1.82) is 21.0 Å². The van der Waals surface area contributed by atoms with E-state index in [-0.39, 0.29) is 11.1 Å². The molecule has 0 saturated heterocycles. The molecule has 7 aromatic rings. The molecular weight excluding hydrogens is 552 g/mol. The summed E-state index contributed by atoms with van der Waals surface area (Å²) in [5.41, 5.74) is 7.86. The van der Waals surface area contributed by atoms with Gasteiger partial charge in [0.1, 0.15) is 12.1 Å². The standard InChI is InChI=1S/C39H20N6/c40-21-25-10-14-27(15-11-25)38-33(23-42)37(34(24-43)39(44-38)28-16-12-26(22-41)13-17-28)29-18-19-36-32(20-29)31-8-4-5-9-35(31)45(36)30-6-2-1-3-7-30/h1-20H. The molecule has 2 aromatic heterocycles. The number of fused-ring (bicyclic) bond motifs is 3. The molecule has 0 aliphatic carbocycles. The fraction of sp³-hybridized carbons (Fsp3) is 0. The molecule has 0 saturated carbocycles. The molecule has 0 unspecified atom stereocenters. The van der Waals surface area contributed by atoms with Gasteiger partial charge in [-0.1, -0.05) is 66.7 Å². The Hall–Kier alpha value is -6.99. The van der Waals surface area contributed by atoms with E-state index in [4.69, 9.17) is 4.98 Å². The van der Waals surface area contributed by atoms with Crippen molar-refractivity contribution in [3.63, 3.8) is 0 Å². The van der Waals surface area contributed by atoms with E-state index in [1.165, 1.54) is 0 Å². The minimum absolute atomic E-state index is 0.264. The largest absolute Gasteiger partial charge is 0.309 e. The van der Waals surface area contributed by atoms with Gasteiger partial charge in [0, 0.05) is 33.2 Å². The van der Waals surface area contributed by atoms with Crippen LogP contribution in [0.5, 0.6) is 0 Å². The summed E-state index contributed by atoms with van der Waals surface area (Å²) in [6.07, 6.45) is 0. The van der Waals surface area contributed by atoms with Gasteiger partial charge in [0.15, 0.2) is 0 Å². The minimum atomic E-state index is 0.264. The third-order valence-corrected chi connectivity index (χ3v) is 7.97. The van der Waals surface area contributed by atoms with Crippen molar-refractivity contribution in [1.82, 2.24) is 9.55 Å². The van der Waals surface area contributed by atoms with E-state index in [1.807, 2.05) is 48.5 Å². The van der Waals surface area contributed by atoms with E-state index < -0.39 is 0 Å². The van der Waals surface area contributed by atoms with Gasteiger partial charge in [-0.25, -0.2) is 4.98 Å². The maximum Gasteiger partial charge on any atom is 0.102 e. The second-order valence-corrected chi connectivity index (χ2v) is 10.5. The lowest BCUT2D eigenvalue weighted by molar-refractivity contribution is 1.18. The molecule has 0 amide bonds. The van der Waals surface area contributed by atoms with Crippen LogP contribution >= 0.6 is 0 Å². The summed E-state index contributed by atoms with van der Waals surface area (Å²) in [5, 5.41) is 42.0. The average molecular weight is 573 g/mol. The summed E-state index contributed by atoms with van der Waals surface area (Å²) in [6, 6.07) is 47.1. The maximum absolute atomic E-state index is 10.6. The Bertz CT molecular complexity index is 2350. The molecular formula is C39H20N6. The summed E-state index contributed by atoms with van der Waals surface area (Å²) in [4.78, 5) is 4.89. The number of aromatic nitrogens is 2. The third kappa shape index (κ3) is 4.45. The van der Waals surface area contributed by atoms with Crippen LogP contribution in [0.3, 0.4) is 0 Å². The van der Waals surface area contributed by atoms with Crippen molar-refractivity contribution in [2.24, 2.45) is 0 Å². The van der Waals surface area contributed by atoms with Crippen LogP contribution in [0.4, 0.5) is 0 Å². The topological polar surface area (TPSA) is 113 Å². The Morgan fingerprint density at radius 2 is 0.978 bits per heavy atom. The second-order valence-electron chi connectivity index (χ2n) is 10.5. The van der Waals surface area contributed by atoms with Crippen LogP contribution in [0.15, 0.2) is 121 Å². The highest BCUT2D eigenvalue weighted by Crippen LogP contribution is 2.41. The zero-order chi connectivity index (χ0) is 30.9. The van der Waals surface area contributed by atoms with E-state index in [2.05, 4.69) is 53.1 Å². The van der Waals surface area contributed by atoms with Crippen LogP contribution in [0.2, 0.25) is 0 Å². The Morgan fingerprint density at radius 1 is 0.467 bits per heavy atom. The first-order valence-corrected chi connectivity index (χ1v) is 14.1. The Morgan fingerprint density at radius 3 is 1.53 bits per heavy atom. The molecule has 0 spiro atoms. The number of rotatable bonds is 4. The van der Waals surface area contributed by atoms with E-state index in [9.17, 15) is 21.0 Å². The molecule has 6 nitrogen and oxygen atoms in total. The highest BCUT2D eigenvalue weighted by molar-refractivity contribution is 6.11. The highest BCUT2D eigenvalue weighted by Gasteiger charge is 2.24. The molecule has 45 heavy (non-hydrogen) atoms. The number of nitrogens with zero attached hydrogens (tertiary/aromatic N) is 6. The van der Waals surface area contributed by atoms with Crippen LogP contribution in [-0.4, -0.2) is 9.55 Å². The van der Waals surface area contributed by atoms with Gasteiger partial charge in [-0.05, 0) is 60.2 Å². The van der Waals surface area contributed by atoms with Gasteiger partial charge in [-0.2, -0.15) is 21.0 Å². The first kappa shape index (κ1) is 26.9. The van der Waals surface area contributed by atoms with Crippen LogP contribution in [0.25, 0.3) is 61.1 Å². The predicted molar refractivity (Wildman–Crippen MR) is 174 cm³/mol. The molecule has 5 aromatic carbocycles. The van der Waals surface area contributed by atoms with Crippen molar-refractivity contribution in [2.45, 2.75) is 0 Å². The molecule has 0 N–H and O–H groups in total. The van der Waals surface area contributed by atoms with Crippen LogP contribution in [0.1, 0.15) is 22.3 Å². The lowest BCUT2D eigenvalue weighted by Crippen LogP contribution is -2.02. The molecule has 206 valence electrons. The van der Waals surface area contributed by atoms with Crippen molar-refractivity contribution in [2.75, 3.05) is 0 Å². The van der Waals surface area contributed by atoms with Gasteiger partial charge < -0.3 is 4.57 Å². The number of para-hydroxylation sites is 2. The van der Waals surface area contributed by atoms with E-state index in [1.54, 1.807) is 48.5 Å². The van der Waals surface area contributed by atoms with Gasteiger partial charge >= 0.3 is 0 Å². The Balaban J connectivity index is 1.56. The molecule has 0 bridgehead atoms. The minimum Gasteiger partial charge on any atom is -0.309 e. The fourth-order valence-electron chi connectivity index (χ4n) is 5.90. The van der Waals surface area contributed by atoms with Crippen molar-refractivity contribution in [3.8, 4) is 63.6 Å². The molecule has 0 aliphatic rings. The molecule has 0 aliphatic heterocycles. The van der Waals surface area contributed by atoms with Crippen molar-refractivity contribution >= 4 is 21.8 Å². The zero-order valence-corrected chi connectivity index (χ0v) is 23.7. The van der Waals surface area contributed by atoms with Crippen LogP contribution in [0, 0.1) is 45.3 Å². The van der Waals surface area contributed by atoms with Gasteiger partial charge in [-0.3, -0.25) is 0 Å². The van der Waals surface area contributed by atoms with E-state index >= 15 is 0 Å². The molecule has 0 radical (unpaired) electrons. The maximum atomic E-state index is 10.6. The zero-order valence-electron chi connectivity index (χ0n) is 23.7. The van der Waals surface area contributed by atoms with Gasteiger partial charge in [-0.15, -0.1) is 0 Å². The molecule has 0 atom stereocenters. The van der Waals surface area contributed by atoms with Crippen molar-refractivity contribution < 1.29 is 0 Å². The van der Waals surface area contributed by atoms with Gasteiger partial charge in [0.05, 0.1) is 56.8 Å². The summed E-state index contributed by atoms with van der Waals surface area (Å²) >= 11 is 0. The summed E-state index contributed by atoms with van der Waals surface area (Å²) in [6.45, 7) is 0. The quantitative estimate of drug-likeness (QED) is 0.209. The fourth-order valence-corrected chi connectivity index (χ4v) is 5.90. The van der Waals surface area contributed by atoms with Crippen molar-refractivity contribution in [3.05, 3.63) is 144 Å². The SMILES string of the molecule is N#Cc1ccc(-c2nc(-c3ccc(C#N)cc3)c(C#N)c(-c3ccc4c(c3)c3ccccc3n4-c3ccccc3)c2C#N)cc1. The number of nitriles is 4. The first-order valence-electron chi connectivity index (χ1n) is 14.1. The first-order chi connectivity index (χ1) is 22.1. The van der Waals surface area contributed by atoms with Crippen LogP contribution < -0.4 is 0 Å². The Kier molecular flexibility index (Phi) is 6.58. The number of hydrogen-bond donors (Lipinski definition) is 0. The van der Waals surface area contributed by atoms with E-state index in [0.717, 1.165) is 27.5 Å². The summed E-state index contributed by atoms with van der Waals surface area (Å²) < 4.78 is 2.21. The number of benzene rings is 5. The molecule has 2 heterocycles. The van der Waals surface area contributed by atoms with E-state index in [0.29, 0.717) is 44.8 Å². The number of pyridine rings is 1. The van der Waals surface area contributed by atoms with Crippen LogP contribution in [-0.2, 0) is 0 Å². The molecule has 0 fully saturated rings. The normalized spacial score (nSPS) is 10.6. The monoisotopic (exact) mass is 572 g/mol. The highest BCUT2D eigenvalue weighted by atomic mass is 15.0. The lowest BCUT2D eigenvalue weighted by Gasteiger charge is -2.16. The average Bonchev–Trinajstić information content (AvgIpc) is 3.44. The Labute approximate surface area is 259 Å². The van der Waals surface area contributed by atoms with Gasteiger partial charge in [0.25, 0.3) is 0 Å². The molecule has 7 rings (SSSR count). The number of hydrogen-bond acceptors (Lipinski definition) is 5. The lowest BCUT2D eigenvalue weighted by atomic mass is 9.89. The molecule has 6 heteroatoms. The van der Waals surface area contributed by atoms with Gasteiger partial charge in [0.2, 0.25) is 0 Å². The smallest absolute Gasteiger partial charge is 0.102 e. The predicted octanol–water partition coefficient (Wildman–Crippen LogP) is 8.67. The second kappa shape index (κ2) is 11.0. The summed E-state index contributed by atoms with van der Waals surface area (Å²) in [5.74, 6) is 0.